The second kappa shape index (κ2) is 11.5. The van der Waals surface area contributed by atoms with Crippen LogP contribution < -0.4 is 9.62 Å². The van der Waals surface area contributed by atoms with Crippen molar-refractivity contribution in [1.82, 2.24) is 10.2 Å². The third-order valence-corrected chi connectivity index (χ3v) is 6.73. The number of carbonyl (C=O) groups excluding carboxylic acids is 2. The van der Waals surface area contributed by atoms with Gasteiger partial charge in [0.1, 0.15) is 12.6 Å². The number of nitrogens with one attached hydrogen (secondary N) is 1. The van der Waals surface area contributed by atoms with Gasteiger partial charge in [-0.15, -0.1) is 0 Å². The summed E-state index contributed by atoms with van der Waals surface area (Å²) in [5, 5.41) is 2.97. The highest BCUT2D eigenvalue weighted by Crippen LogP contribution is 2.33. The molecule has 1 N–H and O–H groups in total. The van der Waals surface area contributed by atoms with Gasteiger partial charge < -0.3 is 10.2 Å². The van der Waals surface area contributed by atoms with Gasteiger partial charge in [-0.25, -0.2) is 8.42 Å². The van der Waals surface area contributed by atoms with Gasteiger partial charge in [-0.1, -0.05) is 66.5 Å². The molecule has 0 radical (unpaired) electrons. The maximum atomic E-state index is 13.4. The van der Waals surface area contributed by atoms with E-state index in [1.807, 2.05) is 37.3 Å². The molecule has 32 heavy (non-hydrogen) atoms. The summed E-state index contributed by atoms with van der Waals surface area (Å²) in [6.07, 6.45) is 1.73. The molecule has 10 heteroatoms. The van der Waals surface area contributed by atoms with E-state index >= 15 is 0 Å². The zero-order chi connectivity index (χ0) is 23.9. The highest BCUT2D eigenvalue weighted by molar-refractivity contribution is 7.92. The molecule has 0 saturated heterocycles. The normalized spacial score (nSPS) is 12.2. The summed E-state index contributed by atoms with van der Waals surface area (Å²) >= 11 is 12.3. The van der Waals surface area contributed by atoms with Crippen LogP contribution in [0.25, 0.3) is 0 Å². The van der Waals surface area contributed by atoms with Gasteiger partial charge in [-0.05, 0) is 31.0 Å². The predicted molar refractivity (Wildman–Crippen MR) is 128 cm³/mol. The smallest absolute Gasteiger partial charge is 0.244 e. The summed E-state index contributed by atoms with van der Waals surface area (Å²) in [5.41, 5.74) is 0.903. The summed E-state index contributed by atoms with van der Waals surface area (Å²) in [6, 6.07) is 12.9. The lowest BCUT2D eigenvalue weighted by Gasteiger charge is -2.31. The van der Waals surface area contributed by atoms with Crippen molar-refractivity contribution in [1.29, 1.82) is 0 Å². The fourth-order valence-corrected chi connectivity index (χ4v) is 4.34. The Balaban J connectivity index is 2.39. The number of amides is 2. The SMILES string of the molecule is CCCNC(=O)[C@H](C)N(Cc1ccccc1)C(=O)CN(c1cccc(Cl)c1Cl)S(C)(=O)=O. The number of hydrogen-bond donors (Lipinski definition) is 1. The van der Waals surface area contributed by atoms with E-state index in [1.165, 1.54) is 17.0 Å². The van der Waals surface area contributed by atoms with E-state index in [1.54, 1.807) is 13.0 Å². The Hall–Kier alpha value is -2.29. The van der Waals surface area contributed by atoms with E-state index in [0.717, 1.165) is 22.5 Å². The van der Waals surface area contributed by atoms with Crippen molar-refractivity contribution in [3.63, 3.8) is 0 Å². The second-order valence-corrected chi connectivity index (χ2v) is 10.0. The fourth-order valence-electron chi connectivity index (χ4n) is 3.04. The van der Waals surface area contributed by atoms with Gasteiger partial charge in [0.2, 0.25) is 21.8 Å². The molecule has 0 aliphatic rings. The monoisotopic (exact) mass is 499 g/mol. The number of hydrogen-bond acceptors (Lipinski definition) is 4. The minimum absolute atomic E-state index is 0.0238. The van der Waals surface area contributed by atoms with Crippen LogP contribution in [-0.4, -0.2) is 50.5 Å². The van der Waals surface area contributed by atoms with E-state index in [9.17, 15) is 18.0 Å². The molecule has 0 heterocycles. The van der Waals surface area contributed by atoms with E-state index < -0.39 is 28.5 Å². The third kappa shape index (κ3) is 6.85. The Bertz CT molecular complexity index is 1050. The zero-order valence-corrected chi connectivity index (χ0v) is 20.5. The minimum atomic E-state index is -3.88. The highest BCUT2D eigenvalue weighted by atomic mass is 35.5. The van der Waals surface area contributed by atoms with Crippen LogP contribution in [0.2, 0.25) is 10.0 Å². The molecule has 7 nitrogen and oxygen atoms in total. The first-order valence-corrected chi connectivity index (χ1v) is 12.7. The van der Waals surface area contributed by atoms with E-state index in [-0.39, 0.29) is 28.2 Å². The number of nitrogens with zero attached hydrogens (tertiary/aromatic N) is 2. The molecule has 1 atom stereocenters. The number of benzene rings is 2. The van der Waals surface area contributed by atoms with E-state index in [4.69, 9.17) is 23.2 Å². The molecule has 0 fully saturated rings. The van der Waals surface area contributed by atoms with E-state index in [2.05, 4.69) is 5.32 Å². The maximum absolute atomic E-state index is 13.4. The van der Waals surface area contributed by atoms with Gasteiger partial charge in [-0.3, -0.25) is 13.9 Å². The van der Waals surface area contributed by atoms with E-state index in [0.29, 0.717) is 6.54 Å². The maximum Gasteiger partial charge on any atom is 0.244 e. The lowest BCUT2D eigenvalue weighted by molar-refractivity contribution is -0.139. The van der Waals surface area contributed by atoms with Crippen molar-refractivity contribution < 1.29 is 18.0 Å². The number of rotatable bonds is 10. The first kappa shape index (κ1) is 26.0. The standard InChI is InChI=1S/C22H27Cl2N3O4S/c1-4-13-25-22(29)16(2)26(14-17-9-6-5-7-10-17)20(28)15-27(32(3,30)31)19-12-8-11-18(23)21(19)24/h5-12,16H,4,13-15H2,1-3H3,(H,25,29)/t16-/m0/s1. The molecule has 0 aromatic heterocycles. The number of carbonyl (C=O) groups is 2. The van der Waals surface area contributed by atoms with Crippen molar-refractivity contribution in [3.8, 4) is 0 Å². The Labute approximate surface area is 199 Å². The van der Waals surface area contributed by atoms with Gasteiger partial charge >= 0.3 is 0 Å². The predicted octanol–water partition coefficient (Wildman–Crippen LogP) is 3.70. The first-order valence-electron chi connectivity index (χ1n) is 10.1. The molecule has 2 aromatic carbocycles. The molecular weight excluding hydrogens is 473 g/mol. The van der Waals surface area contributed by atoms with Gasteiger partial charge in [0, 0.05) is 13.1 Å². The fraction of sp³-hybridized carbons (Fsp3) is 0.364. The summed E-state index contributed by atoms with van der Waals surface area (Å²) < 4.78 is 26.0. The quantitative estimate of drug-likeness (QED) is 0.539. The van der Waals surface area contributed by atoms with Crippen LogP contribution in [0.1, 0.15) is 25.8 Å². The van der Waals surface area contributed by atoms with Gasteiger partial charge in [0.15, 0.2) is 0 Å². The molecule has 2 rings (SSSR count). The second-order valence-electron chi connectivity index (χ2n) is 7.32. The van der Waals surface area contributed by atoms with Crippen molar-refractivity contribution in [2.75, 3.05) is 23.7 Å². The van der Waals surface area contributed by atoms with Gasteiger partial charge in [-0.2, -0.15) is 0 Å². The number of sulfonamides is 1. The van der Waals surface area contributed by atoms with Crippen LogP contribution in [0.3, 0.4) is 0 Å². The van der Waals surface area contributed by atoms with Crippen molar-refractivity contribution >= 4 is 50.7 Å². The molecule has 174 valence electrons. The Morgan fingerprint density at radius 2 is 1.72 bits per heavy atom. The lowest BCUT2D eigenvalue weighted by Crippen LogP contribution is -2.51. The van der Waals surface area contributed by atoms with Crippen LogP contribution in [0.5, 0.6) is 0 Å². The molecule has 0 spiro atoms. The molecule has 0 aliphatic carbocycles. The minimum Gasteiger partial charge on any atom is -0.354 e. The summed E-state index contributed by atoms with van der Waals surface area (Å²) in [7, 11) is -3.88. The number of halogens is 2. The molecule has 2 amide bonds. The van der Waals surface area contributed by atoms with Crippen molar-refractivity contribution in [3.05, 3.63) is 64.1 Å². The molecule has 2 aromatic rings. The van der Waals surface area contributed by atoms with Crippen molar-refractivity contribution in [2.24, 2.45) is 0 Å². The van der Waals surface area contributed by atoms with Crippen LogP contribution in [-0.2, 0) is 26.2 Å². The molecule has 0 unspecified atom stereocenters. The summed E-state index contributed by atoms with van der Waals surface area (Å²) in [6.45, 7) is 3.63. The summed E-state index contributed by atoms with van der Waals surface area (Å²) in [4.78, 5) is 27.3. The Morgan fingerprint density at radius 3 is 2.31 bits per heavy atom. The van der Waals surface area contributed by atoms with Crippen LogP contribution in [0, 0.1) is 0 Å². The third-order valence-electron chi connectivity index (χ3n) is 4.79. The Kier molecular flexibility index (Phi) is 9.36. The molecular formula is C22H27Cl2N3O4S. The first-order chi connectivity index (χ1) is 15.1. The molecule has 0 aliphatic heterocycles. The van der Waals surface area contributed by atoms with Crippen LogP contribution in [0.4, 0.5) is 5.69 Å². The number of anilines is 1. The molecule has 0 bridgehead atoms. The summed E-state index contributed by atoms with van der Waals surface area (Å²) in [5.74, 6) is -0.864. The van der Waals surface area contributed by atoms with Crippen LogP contribution >= 0.6 is 23.2 Å². The molecule has 0 saturated carbocycles. The topological polar surface area (TPSA) is 86.8 Å². The average molecular weight is 500 g/mol. The Morgan fingerprint density at radius 1 is 1.06 bits per heavy atom. The van der Waals surface area contributed by atoms with Gasteiger partial charge in [0.25, 0.3) is 0 Å². The van der Waals surface area contributed by atoms with Crippen LogP contribution in [0.15, 0.2) is 48.5 Å². The lowest BCUT2D eigenvalue weighted by atomic mass is 10.1. The zero-order valence-electron chi connectivity index (χ0n) is 18.2. The largest absolute Gasteiger partial charge is 0.354 e. The van der Waals surface area contributed by atoms with Gasteiger partial charge in [0.05, 0.1) is 22.0 Å². The highest BCUT2D eigenvalue weighted by Gasteiger charge is 2.30. The average Bonchev–Trinajstić information content (AvgIpc) is 2.75. The van der Waals surface area contributed by atoms with Crippen molar-refractivity contribution in [2.45, 2.75) is 32.9 Å².